The molecule has 1 aliphatic rings. The van der Waals surface area contributed by atoms with E-state index in [9.17, 15) is 4.79 Å². The number of hydrogen-bond donors (Lipinski definition) is 0. The molecule has 0 aromatic rings. The van der Waals surface area contributed by atoms with Crippen LogP contribution in [0.5, 0.6) is 0 Å². The van der Waals surface area contributed by atoms with E-state index in [1.54, 1.807) is 7.11 Å². The van der Waals surface area contributed by atoms with Crippen LogP contribution in [0.1, 0.15) is 57.8 Å². The molecule has 0 aromatic carbocycles. The maximum absolute atomic E-state index is 11.7. The number of Topliss-reactive ketones (excluding diaryl/α,β-unsaturated/α-hetero) is 1. The van der Waals surface area contributed by atoms with E-state index < -0.39 is 0 Å². The number of methoxy groups -OCH3 is 1. The summed E-state index contributed by atoms with van der Waals surface area (Å²) in [5, 5.41) is 0. The van der Waals surface area contributed by atoms with Gasteiger partial charge in [-0.2, -0.15) is 0 Å². The number of allylic oxidation sites excluding steroid dienone is 1. The van der Waals surface area contributed by atoms with Gasteiger partial charge in [-0.1, -0.05) is 12.5 Å². The van der Waals surface area contributed by atoms with Gasteiger partial charge < -0.3 is 4.74 Å². The first-order valence-electron chi connectivity index (χ1n) is 6.40. The summed E-state index contributed by atoms with van der Waals surface area (Å²) in [6, 6.07) is 0. The highest BCUT2D eigenvalue weighted by Crippen LogP contribution is 2.38. The Morgan fingerprint density at radius 3 is 2.62 bits per heavy atom. The second-order valence-corrected chi connectivity index (χ2v) is 4.84. The molecule has 0 saturated heterocycles. The van der Waals surface area contributed by atoms with Gasteiger partial charge in [-0.3, -0.25) is 4.79 Å². The maximum Gasteiger partial charge on any atom is 0.135 e. The molecular weight excluding hydrogens is 200 g/mol. The minimum atomic E-state index is -0.0851. The van der Waals surface area contributed by atoms with Gasteiger partial charge in [0.05, 0.1) is 5.60 Å². The van der Waals surface area contributed by atoms with Crippen molar-refractivity contribution in [1.29, 1.82) is 0 Å². The summed E-state index contributed by atoms with van der Waals surface area (Å²) in [5.74, 6) is 0.375. The van der Waals surface area contributed by atoms with Crippen LogP contribution in [0.4, 0.5) is 0 Å². The molecule has 1 aliphatic carbocycles. The Labute approximate surface area is 99.1 Å². The number of rotatable bonds is 9. The van der Waals surface area contributed by atoms with Gasteiger partial charge in [-0.05, 0) is 38.5 Å². The average molecular weight is 224 g/mol. The van der Waals surface area contributed by atoms with Crippen molar-refractivity contribution in [3.05, 3.63) is 12.7 Å². The van der Waals surface area contributed by atoms with Crippen LogP contribution in [-0.4, -0.2) is 18.5 Å². The van der Waals surface area contributed by atoms with Crippen LogP contribution in [0.2, 0.25) is 0 Å². The third kappa shape index (κ3) is 4.09. The topological polar surface area (TPSA) is 26.3 Å². The van der Waals surface area contributed by atoms with Gasteiger partial charge in [0.25, 0.3) is 0 Å². The smallest absolute Gasteiger partial charge is 0.135 e. The molecule has 92 valence electrons. The van der Waals surface area contributed by atoms with Crippen molar-refractivity contribution >= 4 is 5.78 Å². The summed E-state index contributed by atoms with van der Waals surface area (Å²) in [6.45, 7) is 3.69. The molecule has 1 fully saturated rings. The standard InChI is InChI=1S/C14H24O2/c1-3-4-5-6-7-9-13(15)12-14(16-2)10-8-11-14/h3H,1,4-12H2,2H3. The highest BCUT2D eigenvalue weighted by Gasteiger charge is 2.38. The lowest BCUT2D eigenvalue weighted by Gasteiger charge is -2.40. The Hall–Kier alpha value is -0.630. The lowest BCUT2D eigenvalue weighted by Crippen LogP contribution is -2.41. The molecule has 2 nitrogen and oxygen atoms in total. The van der Waals surface area contributed by atoms with E-state index in [-0.39, 0.29) is 5.60 Å². The van der Waals surface area contributed by atoms with Crippen molar-refractivity contribution in [1.82, 2.24) is 0 Å². The molecule has 0 N–H and O–H groups in total. The summed E-state index contributed by atoms with van der Waals surface area (Å²) in [5.41, 5.74) is -0.0851. The first-order chi connectivity index (χ1) is 7.72. The summed E-state index contributed by atoms with van der Waals surface area (Å²) in [4.78, 5) is 11.7. The van der Waals surface area contributed by atoms with Gasteiger partial charge in [-0.25, -0.2) is 0 Å². The molecule has 16 heavy (non-hydrogen) atoms. The molecule has 0 heterocycles. The zero-order chi connectivity index (χ0) is 11.9. The van der Waals surface area contributed by atoms with Crippen LogP contribution >= 0.6 is 0 Å². The van der Waals surface area contributed by atoms with Crippen molar-refractivity contribution < 1.29 is 9.53 Å². The van der Waals surface area contributed by atoms with E-state index >= 15 is 0 Å². The van der Waals surface area contributed by atoms with Crippen molar-refractivity contribution in [3.8, 4) is 0 Å². The number of ether oxygens (including phenoxy) is 1. The first kappa shape index (κ1) is 13.4. The zero-order valence-corrected chi connectivity index (χ0v) is 10.5. The fraction of sp³-hybridized carbons (Fsp3) is 0.786. The fourth-order valence-corrected chi connectivity index (χ4v) is 2.26. The van der Waals surface area contributed by atoms with Gasteiger partial charge in [-0.15, -0.1) is 6.58 Å². The van der Waals surface area contributed by atoms with E-state index in [0.717, 1.165) is 44.9 Å². The highest BCUT2D eigenvalue weighted by molar-refractivity contribution is 5.79. The summed E-state index contributed by atoms with van der Waals surface area (Å²) in [7, 11) is 1.73. The van der Waals surface area contributed by atoms with Crippen molar-refractivity contribution in [2.45, 2.75) is 63.4 Å². The van der Waals surface area contributed by atoms with Gasteiger partial charge >= 0.3 is 0 Å². The molecule has 1 rings (SSSR count). The first-order valence-corrected chi connectivity index (χ1v) is 6.40. The number of unbranched alkanes of at least 4 members (excludes halogenated alkanes) is 3. The van der Waals surface area contributed by atoms with Crippen molar-refractivity contribution in [2.75, 3.05) is 7.11 Å². The average Bonchev–Trinajstić information content (AvgIpc) is 2.23. The molecule has 0 bridgehead atoms. The van der Waals surface area contributed by atoms with Crippen LogP contribution in [0.25, 0.3) is 0 Å². The van der Waals surface area contributed by atoms with Gasteiger partial charge in [0.1, 0.15) is 5.78 Å². The maximum atomic E-state index is 11.7. The molecule has 0 amide bonds. The predicted molar refractivity (Wildman–Crippen MR) is 66.5 cm³/mol. The van der Waals surface area contributed by atoms with E-state index in [1.807, 2.05) is 6.08 Å². The molecule has 1 saturated carbocycles. The van der Waals surface area contributed by atoms with E-state index in [4.69, 9.17) is 4.74 Å². The summed E-state index contributed by atoms with van der Waals surface area (Å²) >= 11 is 0. The van der Waals surface area contributed by atoms with E-state index in [2.05, 4.69) is 6.58 Å². The molecular formula is C14H24O2. The quantitative estimate of drug-likeness (QED) is 0.441. The van der Waals surface area contributed by atoms with Gasteiger partial charge in [0.2, 0.25) is 0 Å². The Morgan fingerprint density at radius 1 is 1.38 bits per heavy atom. The van der Waals surface area contributed by atoms with Crippen molar-refractivity contribution in [3.63, 3.8) is 0 Å². The lowest BCUT2D eigenvalue weighted by molar-refractivity contribution is -0.132. The normalized spacial score (nSPS) is 17.8. The minimum Gasteiger partial charge on any atom is -0.378 e. The van der Waals surface area contributed by atoms with Crippen molar-refractivity contribution in [2.24, 2.45) is 0 Å². The fourth-order valence-electron chi connectivity index (χ4n) is 2.26. The zero-order valence-electron chi connectivity index (χ0n) is 10.5. The predicted octanol–water partition coefficient (Wildman–Crippen LogP) is 3.65. The van der Waals surface area contributed by atoms with Crippen LogP contribution in [0.3, 0.4) is 0 Å². The lowest BCUT2D eigenvalue weighted by atomic mass is 9.76. The van der Waals surface area contributed by atoms with Crippen LogP contribution < -0.4 is 0 Å². The second-order valence-electron chi connectivity index (χ2n) is 4.84. The SMILES string of the molecule is C=CCCCCCC(=O)CC1(OC)CCC1. The molecule has 0 unspecified atom stereocenters. The number of carbonyl (C=O) groups is 1. The van der Waals surface area contributed by atoms with Crippen LogP contribution in [-0.2, 0) is 9.53 Å². The number of ketones is 1. The van der Waals surface area contributed by atoms with E-state index in [1.165, 1.54) is 6.42 Å². The second kappa shape index (κ2) is 6.85. The largest absolute Gasteiger partial charge is 0.378 e. The Bertz CT molecular complexity index is 223. The number of hydrogen-bond acceptors (Lipinski definition) is 2. The molecule has 0 atom stereocenters. The molecule has 0 spiro atoms. The molecule has 0 radical (unpaired) electrons. The van der Waals surface area contributed by atoms with Crippen LogP contribution in [0.15, 0.2) is 12.7 Å². The minimum absolute atomic E-state index is 0.0851. The monoisotopic (exact) mass is 224 g/mol. The molecule has 0 aromatic heterocycles. The highest BCUT2D eigenvalue weighted by atomic mass is 16.5. The Balaban J connectivity index is 2.08. The Morgan fingerprint density at radius 2 is 2.12 bits per heavy atom. The Kier molecular flexibility index (Phi) is 5.75. The van der Waals surface area contributed by atoms with Crippen LogP contribution in [0, 0.1) is 0 Å². The summed E-state index contributed by atoms with van der Waals surface area (Å²) < 4.78 is 5.46. The molecule has 2 heteroatoms. The third-order valence-corrected chi connectivity index (χ3v) is 3.58. The van der Waals surface area contributed by atoms with Gasteiger partial charge in [0, 0.05) is 20.0 Å². The van der Waals surface area contributed by atoms with Gasteiger partial charge in [0.15, 0.2) is 0 Å². The van der Waals surface area contributed by atoms with E-state index in [0.29, 0.717) is 12.2 Å². The molecule has 0 aliphatic heterocycles. The summed E-state index contributed by atoms with van der Waals surface area (Å²) in [6.07, 6.45) is 11.0. The third-order valence-electron chi connectivity index (χ3n) is 3.58. The number of carbonyl (C=O) groups excluding carboxylic acids is 1.